The SMILES string of the molecule is CCc1cc2cccc(-c3ccc(Cl)cc3Cl)n2n1. The number of nitrogens with zero attached hydrogens (tertiary/aromatic N) is 2. The summed E-state index contributed by atoms with van der Waals surface area (Å²) >= 11 is 12.2. The molecule has 19 heavy (non-hydrogen) atoms. The minimum Gasteiger partial charge on any atom is -0.233 e. The molecular formula is C15H12Cl2N2. The highest BCUT2D eigenvalue weighted by Gasteiger charge is 2.10. The van der Waals surface area contributed by atoms with Crippen molar-refractivity contribution in [3.63, 3.8) is 0 Å². The molecule has 4 heteroatoms. The Morgan fingerprint density at radius 2 is 1.95 bits per heavy atom. The molecule has 3 aromatic rings. The molecule has 1 aromatic carbocycles. The molecule has 2 nitrogen and oxygen atoms in total. The van der Waals surface area contributed by atoms with Gasteiger partial charge in [-0.2, -0.15) is 5.10 Å². The van der Waals surface area contributed by atoms with Gasteiger partial charge < -0.3 is 0 Å². The van der Waals surface area contributed by atoms with Crippen LogP contribution < -0.4 is 0 Å². The Labute approximate surface area is 121 Å². The van der Waals surface area contributed by atoms with Crippen LogP contribution in [-0.4, -0.2) is 9.61 Å². The van der Waals surface area contributed by atoms with Crippen molar-refractivity contribution in [2.24, 2.45) is 0 Å². The second kappa shape index (κ2) is 4.87. The summed E-state index contributed by atoms with van der Waals surface area (Å²) in [5.74, 6) is 0. The molecule has 0 fully saturated rings. The zero-order valence-electron chi connectivity index (χ0n) is 10.4. The normalized spacial score (nSPS) is 11.1. The molecule has 0 aliphatic heterocycles. The van der Waals surface area contributed by atoms with Gasteiger partial charge in [0, 0.05) is 10.6 Å². The van der Waals surface area contributed by atoms with Gasteiger partial charge >= 0.3 is 0 Å². The van der Waals surface area contributed by atoms with Crippen LogP contribution >= 0.6 is 23.2 Å². The molecule has 3 rings (SSSR count). The van der Waals surface area contributed by atoms with Gasteiger partial charge in [0.15, 0.2) is 0 Å². The van der Waals surface area contributed by atoms with Crippen LogP contribution in [0.2, 0.25) is 10.0 Å². The fraction of sp³-hybridized carbons (Fsp3) is 0.133. The van der Waals surface area contributed by atoms with E-state index in [1.54, 1.807) is 6.07 Å². The van der Waals surface area contributed by atoms with Gasteiger partial charge in [0.25, 0.3) is 0 Å². The van der Waals surface area contributed by atoms with Crippen molar-refractivity contribution >= 4 is 28.7 Å². The highest BCUT2D eigenvalue weighted by Crippen LogP contribution is 2.30. The van der Waals surface area contributed by atoms with Gasteiger partial charge in [-0.25, -0.2) is 4.52 Å². The standard InChI is InChI=1S/C15H12Cl2N2/c1-2-11-9-12-4-3-5-15(19(12)18-11)13-7-6-10(16)8-14(13)17/h3-9H,2H2,1H3. The van der Waals surface area contributed by atoms with Crippen molar-refractivity contribution in [3.05, 3.63) is 58.2 Å². The third-order valence-electron chi connectivity index (χ3n) is 3.11. The molecule has 0 bridgehead atoms. The molecule has 0 aliphatic rings. The zero-order valence-corrected chi connectivity index (χ0v) is 11.9. The van der Waals surface area contributed by atoms with E-state index in [0.29, 0.717) is 10.0 Å². The lowest BCUT2D eigenvalue weighted by Gasteiger charge is -2.07. The molecular weight excluding hydrogens is 279 g/mol. The predicted molar refractivity (Wildman–Crippen MR) is 80.0 cm³/mol. The Morgan fingerprint density at radius 3 is 2.68 bits per heavy atom. The largest absolute Gasteiger partial charge is 0.233 e. The van der Waals surface area contributed by atoms with E-state index in [9.17, 15) is 0 Å². The van der Waals surface area contributed by atoms with Gasteiger partial charge in [0.1, 0.15) is 0 Å². The number of aryl methyl sites for hydroxylation is 1. The van der Waals surface area contributed by atoms with E-state index in [-0.39, 0.29) is 0 Å². The van der Waals surface area contributed by atoms with Gasteiger partial charge in [-0.3, -0.25) is 0 Å². The highest BCUT2D eigenvalue weighted by molar-refractivity contribution is 6.36. The lowest BCUT2D eigenvalue weighted by atomic mass is 10.1. The van der Waals surface area contributed by atoms with E-state index in [0.717, 1.165) is 28.9 Å². The number of hydrogen-bond acceptors (Lipinski definition) is 1. The maximum atomic E-state index is 6.28. The third kappa shape index (κ3) is 2.22. The van der Waals surface area contributed by atoms with Crippen LogP contribution in [0.15, 0.2) is 42.5 Å². The molecule has 0 radical (unpaired) electrons. The molecule has 0 saturated carbocycles. The first-order chi connectivity index (χ1) is 9.19. The average molecular weight is 291 g/mol. The van der Waals surface area contributed by atoms with Crippen molar-refractivity contribution in [1.82, 2.24) is 9.61 Å². The van der Waals surface area contributed by atoms with Crippen LogP contribution in [0.1, 0.15) is 12.6 Å². The summed E-state index contributed by atoms with van der Waals surface area (Å²) in [6, 6.07) is 13.7. The quantitative estimate of drug-likeness (QED) is 0.658. The van der Waals surface area contributed by atoms with Gasteiger partial charge in [-0.05, 0) is 42.8 Å². The summed E-state index contributed by atoms with van der Waals surface area (Å²) in [4.78, 5) is 0. The van der Waals surface area contributed by atoms with E-state index in [1.165, 1.54) is 0 Å². The lowest BCUT2D eigenvalue weighted by Crippen LogP contribution is -1.94. The van der Waals surface area contributed by atoms with Crippen LogP contribution in [0.4, 0.5) is 0 Å². The molecule has 0 aliphatic carbocycles. The topological polar surface area (TPSA) is 17.3 Å². The lowest BCUT2D eigenvalue weighted by molar-refractivity contribution is 0.904. The molecule has 2 aromatic heterocycles. The molecule has 0 atom stereocenters. The highest BCUT2D eigenvalue weighted by atomic mass is 35.5. The molecule has 0 saturated heterocycles. The van der Waals surface area contributed by atoms with Crippen molar-refractivity contribution in [1.29, 1.82) is 0 Å². The Bertz CT molecular complexity index is 747. The summed E-state index contributed by atoms with van der Waals surface area (Å²) in [5.41, 5.74) is 4.04. The Balaban J connectivity index is 2.26. The first-order valence-electron chi connectivity index (χ1n) is 6.12. The fourth-order valence-corrected chi connectivity index (χ4v) is 2.65. The second-order valence-electron chi connectivity index (χ2n) is 4.36. The molecule has 0 unspecified atom stereocenters. The van der Waals surface area contributed by atoms with E-state index in [2.05, 4.69) is 18.1 Å². The number of halogens is 2. The van der Waals surface area contributed by atoms with E-state index in [1.807, 2.05) is 34.8 Å². The molecule has 96 valence electrons. The van der Waals surface area contributed by atoms with Gasteiger partial charge in [0.05, 0.1) is 21.9 Å². The maximum absolute atomic E-state index is 6.28. The first kappa shape index (κ1) is 12.5. The number of rotatable bonds is 2. The zero-order chi connectivity index (χ0) is 13.4. The minimum atomic E-state index is 0.633. The first-order valence-corrected chi connectivity index (χ1v) is 6.87. The van der Waals surface area contributed by atoms with Crippen molar-refractivity contribution < 1.29 is 0 Å². The van der Waals surface area contributed by atoms with Crippen LogP contribution in [0.5, 0.6) is 0 Å². The maximum Gasteiger partial charge on any atom is 0.0740 e. The summed E-state index contributed by atoms with van der Waals surface area (Å²) < 4.78 is 1.92. The van der Waals surface area contributed by atoms with Crippen LogP contribution in [0.25, 0.3) is 16.8 Å². The molecule has 2 heterocycles. The Morgan fingerprint density at radius 1 is 1.11 bits per heavy atom. The second-order valence-corrected chi connectivity index (χ2v) is 5.20. The summed E-state index contributed by atoms with van der Waals surface area (Å²) in [6.07, 6.45) is 0.912. The number of hydrogen-bond donors (Lipinski definition) is 0. The smallest absolute Gasteiger partial charge is 0.0740 e. The molecule has 0 spiro atoms. The Kier molecular flexibility index (Phi) is 3.21. The number of benzene rings is 1. The van der Waals surface area contributed by atoms with Gasteiger partial charge in [-0.15, -0.1) is 0 Å². The van der Waals surface area contributed by atoms with Gasteiger partial charge in [0.2, 0.25) is 0 Å². The van der Waals surface area contributed by atoms with Crippen LogP contribution in [0, 0.1) is 0 Å². The monoisotopic (exact) mass is 290 g/mol. The molecule has 0 N–H and O–H groups in total. The van der Waals surface area contributed by atoms with Crippen LogP contribution in [-0.2, 0) is 6.42 Å². The minimum absolute atomic E-state index is 0.633. The summed E-state index contributed by atoms with van der Waals surface area (Å²) in [7, 11) is 0. The Hall–Kier alpha value is -1.51. The number of fused-ring (bicyclic) bond motifs is 1. The number of pyridine rings is 1. The van der Waals surface area contributed by atoms with Crippen molar-refractivity contribution in [2.75, 3.05) is 0 Å². The van der Waals surface area contributed by atoms with E-state index < -0.39 is 0 Å². The number of aromatic nitrogens is 2. The summed E-state index contributed by atoms with van der Waals surface area (Å²) in [5, 5.41) is 5.86. The van der Waals surface area contributed by atoms with Gasteiger partial charge in [-0.1, -0.05) is 36.2 Å². The van der Waals surface area contributed by atoms with Crippen molar-refractivity contribution in [3.8, 4) is 11.3 Å². The fourth-order valence-electron chi connectivity index (χ4n) is 2.14. The summed E-state index contributed by atoms with van der Waals surface area (Å²) in [6.45, 7) is 2.09. The van der Waals surface area contributed by atoms with E-state index in [4.69, 9.17) is 23.2 Å². The van der Waals surface area contributed by atoms with Crippen molar-refractivity contribution in [2.45, 2.75) is 13.3 Å². The van der Waals surface area contributed by atoms with Crippen LogP contribution in [0.3, 0.4) is 0 Å². The average Bonchev–Trinajstić information content (AvgIpc) is 2.82. The van der Waals surface area contributed by atoms with E-state index >= 15 is 0 Å². The third-order valence-corrected chi connectivity index (χ3v) is 3.65. The predicted octanol–water partition coefficient (Wildman–Crippen LogP) is 4.87. The molecule has 0 amide bonds.